The van der Waals surface area contributed by atoms with Gasteiger partial charge in [0.25, 0.3) is 0 Å². The molecule has 0 atom stereocenters. The lowest BCUT2D eigenvalue weighted by Gasteiger charge is -2.34. The average molecular weight is 358 g/mol. The Labute approximate surface area is 144 Å². The van der Waals surface area contributed by atoms with Gasteiger partial charge < -0.3 is 13.9 Å². The van der Waals surface area contributed by atoms with Gasteiger partial charge in [-0.3, -0.25) is 4.57 Å². The van der Waals surface area contributed by atoms with E-state index in [2.05, 4.69) is 4.90 Å². The van der Waals surface area contributed by atoms with Crippen LogP contribution in [0.2, 0.25) is 5.02 Å². The maximum absolute atomic E-state index is 13.3. The Morgan fingerprint density at radius 1 is 1.17 bits per heavy atom. The molecule has 0 saturated carbocycles. The molecule has 1 aliphatic rings. The van der Waals surface area contributed by atoms with Gasteiger partial charge in [-0.25, -0.2) is 0 Å². The maximum atomic E-state index is 13.3. The Balaban J connectivity index is 2.45. The van der Waals surface area contributed by atoms with Crippen LogP contribution >= 0.6 is 19.2 Å². The zero-order valence-corrected chi connectivity index (χ0v) is 15.5. The molecule has 0 aliphatic carbocycles. The lowest BCUT2D eigenvalue weighted by Crippen LogP contribution is -2.29. The molecule has 1 heterocycles. The summed E-state index contributed by atoms with van der Waals surface area (Å²) in [5, 5.41) is 0.626. The highest BCUT2D eigenvalue weighted by Crippen LogP contribution is 2.58. The van der Waals surface area contributed by atoms with Crippen molar-refractivity contribution in [1.82, 2.24) is 4.90 Å². The minimum atomic E-state index is -3.35. The van der Waals surface area contributed by atoms with E-state index in [9.17, 15) is 4.57 Å². The molecule has 0 radical (unpaired) electrons. The normalized spacial score (nSPS) is 16.7. The van der Waals surface area contributed by atoms with E-state index >= 15 is 0 Å². The minimum Gasteiger partial charge on any atom is -0.365 e. The second-order valence-electron chi connectivity index (χ2n) is 5.40. The van der Waals surface area contributed by atoms with Crippen LogP contribution in [-0.4, -0.2) is 31.2 Å². The predicted octanol–water partition coefficient (Wildman–Crippen LogP) is 5.39. The molecule has 0 N–H and O–H groups in total. The van der Waals surface area contributed by atoms with Crippen molar-refractivity contribution in [3.05, 3.63) is 40.3 Å². The summed E-state index contributed by atoms with van der Waals surface area (Å²) in [6, 6.07) is 7.53. The molecule has 6 heteroatoms. The fourth-order valence-electron chi connectivity index (χ4n) is 2.71. The van der Waals surface area contributed by atoms with Gasteiger partial charge >= 0.3 is 7.60 Å². The molecule has 0 aromatic heterocycles. The smallest absolute Gasteiger partial charge is 0.365 e. The highest BCUT2D eigenvalue weighted by Gasteiger charge is 2.34. The number of halogens is 1. The van der Waals surface area contributed by atoms with Crippen molar-refractivity contribution < 1.29 is 13.6 Å². The first kappa shape index (κ1) is 18.5. The van der Waals surface area contributed by atoms with Gasteiger partial charge in [0, 0.05) is 18.1 Å². The predicted molar refractivity (Wildman–Crippen MR) is 95.7 cm³/mol. The van der Waals surface area contributed by atoms with Crippen LogP contribution in [0.4, 0.5) is 0 Å². The average Bonchev–Trinajstić information content (AvgIpc) is 2.55. The summed E-state index contributed by atoms with van der Waals surface area (Å²) < 4.78 is 24.5. The molecule has 0 unspecified atom stereocenters. The van der Waals surface area contributed by atoms with Crippen LogP contribution in [0.1, 0.15) is 38.7 Å². The summed E-state index contributed by atoms with van der Waals surface area (Å²) in [5.74, 6) is 0. The monoisotopic (exact) mass is 357 g/mol. The summed E-state index contributed by atoms with van der Waals surface area (Å²) in [6.45, 7) is 6.06. The zero-order valence-electron chi connectivity index (χ0n) is 13.8. The van der Waals surface area contributed by atoms with Crippen LogP contribution in [0, 0.1) is 0 Å². The Hall–Kier alpha value is -0.800. The van der Waals surface area contributed by atoms with Crippen molar-refractivity contribution in [2.75, 3.05) is 26.3 Å². The van der Waals surface area contributed by atoms with Gasteiger partial charge in [-0.15, -0.1) is 0 Å². The quantitative estimate of drug-likeness (QED) is 0.613. The van der Waals surface area contributed by atoms with Gasteiger partial charge in [0.15, 0.2) is 0 Å². The Morgan fingerprint density at radius 2 is 1.78 bits per heavy atom. The molecule has 1 fully saturated rings. The van der Waals surface area contributed by atoms with Crippen LogP contribution in [0.25, 0.3) is 6.08 Å². The van der Waals surface area contributed by atoms with Crippen molar-refractivity contribution in [3.8, 4) is 0 Å². The van der Waals surface area contributed by atoms with Crippen molar-refractivity contribution in [3.63, 3.8) is 0 Å². The molecule has 128 valence electrons. The third kappa shape index (κ3) is 4.84. The SMILES string of the molecule is CCOP(=O)(OCC)/C(=C\c1ccccc1Cl)N1CCCCC1. The number of benzene rings is 1. The fourth-order valence-corrected chi connectivity index (χ4v) is 4.76. The molecule has 1 aromatic carbocycles. The van der Waals surface area contributed by atoms with Crippen LogP contribution in [0.15, 0.2) is 29.7 Å². The van der Waals surface area contributed by atoms with Gasteiger partial charge in [-0.2, -0.15) is 0 Å². The van der Waals surface area contributed by atoms with Crippen LogP contribution in [-0.2, 0) is 13.6 Å². The third-order valence-electron chi connectivity index (χ3n) is 3.75. The van der Waals surface area contributed by atoms with Crippen molar-refractivity contribution in [2.45, 2.75) is 33.1 Å². The number of likely N-dealkylation sites (tertiary alicyclic amines) is 1. The number of nitrogens with zero attached hydrogens (tertiary/aromatic N) is 1. The van der Waals surface area contributed by atoms with Crippen molar-refractivity contribution in [1.29, 1.82) is 0 Å². The van der Waals surface area contributed by atoms with Gasteiger partial charge in [0.05, 0.1) is 13.2 Å². The molecule has 0 amide bonds. The minimum absolute atomic E-state index is 0.338. The van der Waals surface area contributed by atoms with Crippen LogP contribution < -0.4 is 0 Å². The van der Waals surface area contributed by atoms with E-state index in [-0.39, 0.29) is 0 Å². The molecule has 23 heavy (non-hydrogen) atoms. The summed E-state index contributed by atoms with van der Waals surface area (Å²) in [5.41, 5.74) is 1.45. The second-order valence-corrected chi connectivity index (χ2v) is 7.78. The molecular formula is C17H25ClNO3P. The van der Waals surface area contributed by atoms with E-state index in [1.54, 1.807) is 0 Å². The fraction of sp³-hybridized carbons (Fsp3) is 0.529. The molecule has 1 aromatic rings. The highest BCUT2D eigenvalue weighted by atomic mass is 35.5. The zero-order chi connectivity index (χ0) is 16.7. The summed E-state index contributed by atoms with van der Waals surface area (Å²) >= 11 is 6.28. The molecule has 4 nitrogen and oxygen atoms in total. The number of rotatable bonds is 7. The maximum Gasteiger partial charge on any atom is 0.377 e. The van der Waals surface area contributed by atoms with E-state index in [1.165, 1.54) is 6.42 Å². The molecule has 0 bridgehead atoms. The Morgan fingerprint density at radius 3 is 2.35 bits per heavy atom. The number of hydrogen-bond acceptors (Lipinski definition) is 4. The molecule has 1 aliphatic heterocycles. The molecule has 2 rings (SSSR count). The summed E-state index contributed by atoms with van der Waals surface area (Å²) in [4.78, 5) is 2.12. The molecule has 0 spiro atoms. The van der Waals surface area contributed by atoms with Crippen molar-refractivity contribution in [2.24, 2.45) is 0 Å². The first-order valence-corrected chi connectivity index (χ1v) is 10.1. The van der Waals surface area contributed by atoms with E-state index < -0.39 is 7.60 Å². The van der Waals surface area contributed by atoms with E-state index in [0.717, 1.165) is 31.5 Å². The summed E-state index contributed by atoms with van der Waals surface area (Å²) in [6.07, 6.45) is 5.22. The first-order chi connectivity index (χ1) is 11.1. The van der Waals surface area contributed by atoms with E-state index in [1.807, 2.05) is 44.2 Å². The van der Waals surface area contributed by atoms with Crippen LogP contribution in [0.3, 0.4) is 0 Å². The van der Waals surface area contributed by atoms with E-state index in [0.29, 0.717) is 23.7 Å². The standard InChI is InChI=1S/C17H25ClNO3P/c1-3-21-23(20,22-4-2)17(19-12-8-5-9-13-19)14-15-10-6-7-11-16(15)18/h6-7,10-11,14H,3-5,8-9,12-13H2,1-2H3/b17-14-. The number of hydrogen-bond donors (Lipinski definition) is 0. The topological polar surface area (TPSA) is 38.8 Å². The molecule has 1 saturated heterocycles. The van der Waals surface area contributed by atoms with Gasteiger partial charge in [-0.05, 0) is 50.8 Å². The lowest BCUT2D eigenvalue weighted by atomic mass is 10.1. The van der Waals surface area contributed by atoms with Crippen LogP contribution in [0.5, 0.6) is 0 Å². The summed E-state index contributed by atoms with van der Waals surface area (Å²) in [7, 11) is -3.35. The van der Waals surface area contributed by atoms with E-state index in [4.69, 9.17) is 20.6 Å². The van der Waals surface area contributed by atoms with Crippen molar-refractivity contribution >= 4 is 25.3 Å². The lowest BCUT2D eigenvalue weighted by molar-refractivity contribution is 0.207. The van der Waals surface area contributed by atoms with Gasteiger partial charge in [0.1, 0.15) is 5.44 Å². The second kappa shape index (κ2) is 8.89. The number of piperidine rings is 1. The molecular weight excluding hydrogens is 333 g/mol. The van der Waals surface area contributed by atoms with Gasteiger partial charge in [0.2, 0.25) is 0 Å². The van der Waals surface area contributed by atoms with Gasteiger partial charge in [-0.1, -0.05) is 29.8 Å². The largest absolute Gasteiger partial charge is 0.377 e. The Bertz CT molecular complexity index is 575. The first-order valence-electron chi connectivity index (χ1n) is 8.21. The highest BCUT2D eigenvalue weighted by molar-refractivity contribution is 7.58. The third-order valence-corrected chi connectivity index (χ3v) is 6.26. The Kier molecular flexibility index (Phi) is 7.16.